The van der Waals surface area contributed by atoms with Crippen molar-refractivity contribution >= 4 is 22.6 Å². The number of benzene rings is 3. The van der Waals surface area contributed by atoms with Crippen LogP contribution in [0.1, 0.15) is 15.9 Å². The third-order valence-electron chi connectivity index (χ3n) is 4.44. The average molecular weight is 316 g/mol. The molecule has 0 saturated carbocycles. The zero-order valence-corrected chi connectivity index (χ0v) is 13.5. The molecule has 0 bridgehead atoms. The maximum Gasteiger partial charge on any atom is 0.187 e. The minimum atomic E-state index is 0.0205. The van der Waals surface area contributed by atoms with Gasteiger partial charge in [-0.3, -0.25) is 4.79 Å². The molecule has 0 spiro atoms. The van der Waals surface area contributed by atoms with Gasteiger partial charge in [0.25, 0.3) is 0 Å². The van der Waals surface area contributed by atoms with E-state index >= 15 is 0 Å². The normalized spacial score (nSPS) is 12.5. The number of ether oxygens (including phenoxy) is 2. The molecule has 0 unspecified atom stereocenters. The molecule has 1 aliphatic rings. The Morgan fingerprint density at radius 2 is 1.67 bits per heavy atom. The van der Waals surface area contributed by atoms with E-state index in [4.69, 9.17) is 9.47 Å². The van der Waals surface area contributed by atoms with E-state index in [-0.39, 0.29) is 5.78 Å². The first-order valence-electron chi connectivity index (χ1n) is 7.73. The van der Waals surface area contributed by atoms with E-state index in [9.17, 15) is 4.79 Å². The van der Waals surface area contributed by atoms with Gasteiger partial charge >= 0.3 is 0 Å². The standard InChI is InChI=1S/C21H16O3/c1-23-15-8-10-16(19(12-15)24-2)17-9-6-13-4-3-5-14-7-11-18(22)21(17)20(13)14/h3-12H,1-2H3. The predicted molar refractivity (Wildman–Crippen MR) is 95.9 cm³/mol. The molecule has 4 rings (SSSR count). The molecule has 0 atom stereocenters. The van der Waals surface area contributed by atoms with Gasteiger partial charge in [-0.2, -0.15) is 0 Å². The van der Waals surface area contributed by atoms with Crippen molar-refractivity contribution in [2.45, 2.75) is 0 Å². The van der Waals surface area contributed by atoms with Crippen molar-refractivity contribution < 1.29 is 14.3 Å². The number of allylic oxidation sites excluding steroid dienone is 1. The first kappa shape index (κ1) is 14.5. The summed E-state index contributed by atoms with van der Waals surface area (Å²) in [5, 5.41) is 2.07. The van der Waals surface area contributed by atoms with Crippen LogP contribution >= 0.6 is 0 Å². The highest BCUT2D eigenvalue weighted by Crippen LogP contribution is 2.40. The number of rotatable bonds is 3. The van der Waals surface area contributed by atoms with Gasteiger partial charge in [-0.25, -0.2) is 0 Å². The molecule has 3 heteroatoms. The maximum absolute atomic E-state index is 12.6. The third-order valence-corrected chi connectivity index (χ3v) is 4.44. The van der Waals surface area contributed by atoms with Crippen LogP contribution < -0.4 is 9.47 Å². The third kappa shape index (κ3) is 2.09. The van der Waals surface area contributed by atoms with Crippen LogP contribution in [-0.4, -0.2) is 20.0 Å². The Morgan fingerprint density at radius 1 is 0.833 bits per heavy atom. The molecule has 0 saturated heterocycles. The Hall–Kier alpha value is -3.07. The smallest absolute Gasteiger partial charge is 0.187 e. The van der Waals surface area contributed by atoms with Gasteiger partial charge in [-0.05, 0) is 34.7 Å². The summed E-state index contributed by atoms with van der Waals surface area (Å²) in [6, 6.07) is 15.8. The van der Waals surface area contributed by atoms with Gasteiger partial charge in [-0.15, -0.1) is 0 Å². The minimum absolute atomic E-state index is 0.0205. The van der Waals surface area contributed by atoms with E-state index in [0.717, 1.165) is 38.8 Å². The van der Waals surface area contributed by atoms with Crippen molar-refractivity contribution in [2.24, 2.45) is 0 Å². The molecule has 24 heavy (non-hydrogen) atoms. The fourth-order valence-corrected chi connectivity index (χ4v) is 3.30. The molecule has 118 valence electrons. The van der Waals surface area contributed by atoms with Crippen LogP contribution in [0.15, 0.2) is 54.6 Å². The van der Waals surface area contributed by atoms with E-state index in [2.05, 4.69) is 0 Å². The van der Waals surface area contributed by atoms with Crippen molar-refractivity contribution in [1.82, 2.24) is 0 Å². The van der Waals surface area contributed by atoms with Gasteiger partial charge in [0.1, 0.15) is 11.5 Å². The van der Waals surface area contributed by atoms with Crippen molar-refractivity contribution in [2.75, 3.05) is 14.2 Å². The fraction of sp³-hybridized carbons (Fsp3) is 0.0952. The average Bonchev–Trinajstić information content (AvgIpc) is 2.64. The Balaban J connectivity index is 2.05. The zero-order valence-electron chi connectivity index (χ0n) is 13.5. The van der Waals surface area contributed by atoms with Gasteiger partial charge in [0.2, 0.25) is 0 Å². The quantitative estimate of drug-likeness (QED) is 0.700. The first-order chi connectivity index (χ1) is 11.7. The summed E-state index contributed by atoms with van der Waals surface area (Å²) < 4.78 is 10.8. The highest BCUT2D eigenvalue weighted by molar-refractivity contribution is 6.23. The second-order valence-electron chi connectivity index (χ2n) is 5.70. The van der Waals surface area contributed by atoms with Gasteiger partial charge in [0.15, 0.2) is 5.78 Å². The summed E-state index contributed by atoms with van der Waals surface area (Å²) >= 11 is 0. The van der Waals surface area contributed by atoms with Crippen molar-refractivity contribution in [3.63, 3.8) is 0 Å². The number of ketones is 1. The fourth-order valence-electron chi connectivity index (χ4n) is 3.30. The lowest BCUT2D eigenvalue weighted by Crippen LogP contribution is -2.05. The first-order valence-corrected chi connectivity index (χ1v) is 7.73. The maximum atomic E-state index is 12.6. The van der Waals surface area contributed by atoms with Gasteiger partial charge in [0.05, 0.1) is 14.2 Å². The predicted octanol–water partition coefficient (Wildman–Crippen LogP) is 4.73. The lowest BCUT2D eigenvalue weighted by Gasteiger charge is -2.18. The number of carbonyl (C=O) groups excluding carboxylic acids is 1. The highest BCUT2D eigenvalue weighted by Gasteiger charge is 2.21. The van der Waals surface area contributed by atoms with Gasteiger partial charge in [0, 0.05) is 22.6 Å². The highest BCUT2D eigenvalue weighted by atomic mass is 16.5. The molecule has 0 amide bonds. The van der Waals surface area contributed by atoms with Crippen LogP contribution in [-0.2, 0) is 0 Å². The van der Waals surface area contributed by atoms with Crippen LogP contribution in [0.25, 0.3) is 28.0 Å². The van der Waals surface area contributed by atoms with Crippen LogP contribution in [0.4, 0.5) is 0 Å². The Kier molecular flexibility index (Phi) is 3.35. The van der Waals surface area contributed by atoms with Crippen LogP contribution in [0, 0.1) is 0 Å². The van der Waals surface area contributed by atoms with Gasteiger partial charge in [-0.1, -0.05) is 36.4 Å². The molecule has 3 nitrogen and oxygen atoms in total. The molecule has 0 aromatic heterocycles. The molecule has 0 fully saturated rings. The van der Waals surface area contributed by atoms with E-state index < -0.39 is 0 Å². The Bertz CT molecular complexity index is 999. The zero-order chi connectivity index (χ0) is 16.7. The van der Waals surface area contributed by atoms with E-state index in [1.54, 1.807) is 20.3 Å². The molecular weight excluding hydrogens is 300 g/mol. The van der Waals surface area contributed by atoms with Crippen molar-refractivity contribution in [1.29, 1.82) is 0 Å². The lowest BCUT2D eigenvalue weighted by atomic mass is 9.86. The molecular formula is C21H16O3. The van der Waals surface area contributed by atoms with Crippen molar-refractivity contribution in [3.05, 3.63) is 65.7 Å². The molecule has 0 N–H and O–H groups in total. The van der Waals surface area contributed by atoms with E-state index in [1.165, 1.54) is 0 Å². The van der Waals surface area contributed by atoms with E-state index in [0.29, 0.717) is 5.75 Å². The monoisotopic (exact) mass is 316 g/mol. The summed E-state index contributed by atoms with van der Waals surface area (Å²) in [5.41, 5.74) is 3.56. The Morgan fingerprint density at radius 3 is 2.46 bits per heavy atom. The summed E-state index contributed by atoms with van der Waals surface area (Å²) in [6.45, 7) is 0. The molecule has 1 aliphatic carbocycles. The SMILES string of the molecule is COc1ccc(-c2ccc3cccc4c3c2C(=O)C=C4)c(OC)c1. The number of hydrogen-bond acceptors (Lipinski definition) is 3. The Labute approximate surface area is 140 Å². The van der Waals surface area contributed by atoms with Gasteiger partial charge < -0.3 is 9.47 Å². The summed E-state index contributed by atoms with van der Waals surface area (Å²) in [4.78, 5) is 12.6. The summed E-state index contributed by atoms with van der Waals surface area (Å²) in [6.07, 6.45) is 3.52. The van der Waals surface area contributed by atoms with Crippen LogP contribution in [0.2, 0.25) is 0 Å². The summed E-state index contributed by atoms with van der Waals surface area (Å²) in [5.74, 6) is 1.42. The van der Waals surface area contributed by atoms with Crippen molar-refractivity contribution in [3.8, 4) is 22.6 Å². The second kappa shape index (κ2) is 5.53. The topological polar surface area (TPSA) is 35.5 Å². The summed E-state index contributed by atoms with van der Waals surface area (Å²) in [7, 11) is 3.24. The second-order valence-corrected chi connectivity index (χ2v) is 5.70. The molecule has 3 aromatic rings. The number of carbonyl (C=O) groups is 1. The van der Waals surface area contributed by atoms with Crippen LogP contribution in [0.3, 0.4) is 0 Å². The molecule has 0 aliphatic heterocycles. The number of methoxy groups -OCH3 is 2. The molecule has 3 aromatic carbocycles. The molecule has 0 heterocycles. The minimum Gasteiger partial charge on any atom is -0.497 e. The van der Waals surface area contributed by atoms with E-state index in [1.807, 2.05) is 54.6 Å². The lowest BCUT2D eigenvalue weighted by molar-refractivity contribution is 0.104. The largest absolute Gasteiger partial charge is 0.497 e. The van der Waals surface area contributed by atoms with Crippen LogP contribution in [0.5, 0.6) is 11.5 Å². The molecule has 0 radical (unpaired) electrons. The number of hydrogen-bond donors (Lipinski definition) is 0.